The maximum Gasteiger partial charge on any atom is 0.248 e. The Kier molecular flexibility index (Phi) is 6.56. The second-order valence-corrected chi connectivity index (χ2v) is 5.72. The smallest absolute Gasteiger partial charge is 0.248 e. The van der Waals surface area contributed by atoms with Crippen molar-refractivity contribution in [2.75, 3.05) is 26.6 Å². The van der Waals surface area contributed by atoms with Crippen molar-refractivity contribution in [2.45, 2.75) is 0 Å². The average molecular weight is 382 g/mol. The van der Waals surface area contributed by atoms with Gasteiger partial charge in [0, 0.05) is 11.8 Å². The SMILES string of the molecule is COc1cc(C=CC(=O)Nc2ccc(Cl)c(Cl)c2)cc(OC)c1OC. The fraction of sp³-hybridized carbons (Fsp3) is 0.167. The molecule has 0 radical (unpaired) electrons. The van der Waals surface area contributed by atoms with Gasteiger partial charge in [-0.2, -0.15) is 0 Å². The standard InChI is InChI=1S/C18H17Cl2NO4/c1-23-15-8-11(9-16(24-2)18(15)25-3)4-7-17(22)21-12-5-6-13(19)14(20)10-12/h4-10H,1-3H3,(H,21,22). The highest BCUT2D eigenvalue weighted by molar-refractivity contribution is 6.42. The highest BCUT2D eigenvalue weighted by Gasteiger charge is 2.12. The van der Waals surface area contributed by atoms with E-state index >= 15 is 0 Å². The van der Waals surface area contributed by atoms with Crippen LogP contribution in [0, 0.1) is 0 Å². The molecule has 0 fully saturated rings. The summed E-state index contributed by atoms with van der Waals surface area (Å²) in [5.74, 6) is 1.19. The second-order valence-electron chi connectivity index (χ2n) is 4.91. The molecule has 0 aliphatic heterocycles. The van der Waals surface area contributed by atoms with E-state index in [-0.39, 0.29) is 5.91 Å². The lowest BCUT2D eigenvalue weighted by atomic mass is 10.1. The molecule has 0 unspecified atom stereocenters. The van der Waals surface area contributed by atoms with E-state index in [0.29, 0.717) is 33.0 Å². The van der Waals surface area contributed by atoms with Crippen molar-refractivity contribution in [3.05, 3.63) is 52.0 Å². The van der Waals surface area contributed by atoms with Crippen molar-refractivity contribution in [3.8, 4) is 17.2 Å². The Hall–Kier alpha value is -2.37. The Morgan fingerprint density at radius 1 is 0.960 bits per heavy atom. The Bertz CT molecular complexity index is 781. The summed E-state index contributed by atoms with van der Waals surface area (Å²) < 4.78 is 15.8. The van der Waals surface area contributed by atoms with E-state index in [9.17, 15) is 4.79 Å². The molecule has 5 nitrogen and oxygen atoms in total. The first-order valence-corrected chi connectivity index (χ1v) is 7.98. The molecule has 0 saturated carbocycles. The number of benzene rings is 2. The van der Waals surface area contributed by atoms with Crippen LogP contribution in [0.25, 0.3) is 6.08 Å². The van der Waals surface area contributed by atoms with Crippen LogP contribution in [-0.2, 0) is 4.79 Å². The number of hydrogen-bond donors (Lipinski definition) is 1. The molecule has 0 saturated heterocycles. The molecule has 0 aromatic heterocycles. The number of hydrogen-bond acceptors (Lipinski definition) is 4. The van der Waals surface area contributed by atoms with Crippen molar-refractivity contribution in [3.63, 3.8) is 0 Å². The number of ether oxygens (including phenoxy) is 3. The Morgan fingerprint density at radius 3 is 2.12 bits per heavy atom. The van der Waals surface area contributed by atoms with E-state index < -0.39 is 0 Å². The molecule has 1 N–H and O–H groups in total. The number of carbonyl (C=O) groups is 1. The van der Waals surface area contributed by atoms with Crippen LogP contribution in [0.15, 0.2) is 36.4 Å². The minimum Gasteiger partial charge on any atom is -0.493 e. The lowest BCUT2D eigenvalue weighted by Gasteiger charge is -2.12. The van der Waals surface area contributed by atoms with Crippen LogP contribution in [0.2, 0.25) is 10.0 Å². The summed E-state index contributed by atoms with van der Waals surface area (Å²) in [7, 11) is 4.59. The number of methoxy groups -OCH3 is 3. The van der Waals surface area contributed by atoms with Crippen LogP contribution < -0.4 is 19.5 Å². The molecule has 0 heterocycles. The number of nitrogens with one attached hydrogen (secondary N) is 1. The van der Waals surface area contributed by atoms with Gasteiger partial charge in [-0.15, -0.1) is 0 Å². The summed E-state index contributed by atoms with van der Waals surface area (Å²) in [5.41, 5.74) is 1.27. The zero-order valence-corrected chi connectivity index (χ0v) is 15.4. The van der Waals surface area contributed by atoms with Gasteiger partial charge in [0.15, 0.2) is 11.5 Å². The summed E-state index contributed by atoms with van der Waals surface area (Å²) in [6.45, 7) is 0. The fourth-order valence-corrected chi connectivity index (χ4v) is 2.43. The maximum atomic E-state index is 12.1. The maximum absolute atomic E-state index is 12.1. The lowest BCUT2D eigenvalue weighted by Crippen LogP contribution is -2.07. The molecule has 25 heavy (non-hydrogen) atoms. The number of anilines is 1. The van der Waals surface area contributed by atoms with Gasteiger partial charge >= 0.3 is 0 Å². The van der Waals surface area contributed by atoms with E-state index in [1.165, 1.54) is 27.4 Å². The lowest BCUT2D eigenvalue weighted by molar-refractivity contribution is -0.111. The van der Waals surface area contributed by atoms with E-state index in [1.54, 1.807) is 36.4 Å². The molecule has 2 aromatic rings. The zero-order chi connectivity index (χ0) is 18.4. The zero-order valence-electron chi connectivity index (χ0n) is 13.9. The summed E-state index contributed by atoms with van der Waals surface area (Å²) in [5, 5.41) is 3.50. The van der Waals surface area contributed by atoms with Gasteiger partial charge in [-0.25, -0.2) is 0 Å². The van der Waals surface area contributed by atoms with Crippen molar-refractivity contribution in [2.24, 2.45) is 0 Å². The summed E-state index contributed by atoms with van der Waals surface area (Å²) >= 11 is 11.8. The van der Waals surface area contributed by atoms with Gasteiger partial charge in [-0.3, -0.25) is 4.79 Å². The summed E-state index contributed by atoms with van der Waals surface area (Å²) in [6, 6.07) is 8.34. The Balaban J connectivity index is 2.17. The van der Waals surface area contributed by atoms with Gasteiger partial charge in [-0.1, -0.05) is 23.2 Å². The van der Waals surface area contributed by atoms with E-state index in [4.69, 9.17) is 37.4 Å². The number of rotatable bonds is 6. The number of halogens is 2. The third-order valence-electron chi connectivity index (χ3n) is 3.30. The fourth-order valence-electron chi connectivity index (χ4n) is 2.13. The van der Waals surface area contributed by atoms with Crippen LogP contribution >= 0.6 is 23.2 Å². The van der Waals surface area contributed by atoms with Gasteiger partial charge in [0.2, 0.25) is 11.7 Å². The minimum absolute atomic E-state index is 0.313. The predicted octanol–water partition coefficient (Wildman–Crippen LogP) is 4.67. The first-order valence-electron chi connectivity index (χ1n) is 7.22. The molecule has 0 atom stereocenters. The molecule has 2 rings (SSSR count). The first kappa shape index (κ1) is 19.0. The molecule has 132 valence electrons. The predicted molar refractivity (Wildman–Crippen MR) is 100 cm³/mol. The molecule has 0 aliphatic carbocycles. The minimum atomic E-state index is -0.313. The Labute approximate surface area is 156 Å². The third kappa shape index (κ3) is 4.81. The Morgan fingerprint density at radius 2 is 1.60 bits per heavy atom. The second kappa shape index (κ2) is 8.65. The van der Waals surface area contributed by atoms with Crippen molar-refractivity contribution >= 4 is 40.9 Å². The molecule has 0 aliphatic rings. The van der Waals surface area contributed by atoms with Crippen LogP contribution in [0.4, 0.5) is 5.69 Å². The van der Waals surface area contributed by atoms with Gasteiger partial charge in [0.25, 0.3) is 0 Å². The molecule has 2 aromatic carbocycles. The molecular formula is C18H17Cl2NO4. The van der Waals surface area contributed by atoms with Gasteiger partial charge in [0.1, 0.15) is 0 Å². The molecule has 0 bridgehead atoms. The highest BCUT2D eigenvalue weighted by Crippen LogP contribution is 2.38. The number of carbonyl (C=O) groups excluding carboxylic acids is 1. The van der Waals surface area contributed by atoms with Gasteiger partial charge in [-0.05, 0) is 42.0 Å². The normalized spacial score (nSPS) is 10.6. The van der Waals surface area contributed by atoms with Crippen LogP contribution in [0.5, 0.6) is 17.2 Å². The topological polar surface area (TPSA) is 56.8 Å². The average Bonchev–Trinajstić information content (AvgIpc) is 2.62. The summed E-state index contributed by atoms with van der Waals surface area (Å²) in [4.78, 5) is 12.1. The van der Waals surface area contributed by atoms with Crippen molar-refractivity contribution in [1.82, 2.24) is 0 Å². The van der Waals surface area contributed by atoms with E-state index in [1.807, 2.05) is 0 Å². The molecule has 0 spiro atoms. The van der Waals surface area contributed by atoms with E-state index in [0.717, 1.165) is 5.56 Å². The van der Waals surface area contributed by atoms with Gasteiger partial charge < -0.3 is 19.5 Å². The first-order chi connectivity index (χ1) is 12.0. The number of amides is 1. The van der Waals surface area contributed by atoms with Crippen LogP contribution in [0.1, 0.15) is 5.56 Å². The molecule has 7 heteroatoms. The van der Waals surface area contributed by atoms with Gasteiger partial charge in [0.05, 0.1) is 31.4 Å². The van der Waals surface area contributed by atoms with Crippen molar-refractivity contribution < 1.29 is 19.0 Å². The third-order valence-corrected chi connectivity index (χ3v) is 4.04. The monoisotopic (exact) mass is 381 g/mol. The van der Waals surface area contributed by atoms with Crippen molar-refractivity contribution in [1.29, 1.82) is 0 Å². The largest absolute Gasteiger partial charge is 0.493 e. The molecule has 1 amide bonds. The van der Waals surface area contributed by atoms with E-state index in [2.05, 4.69) is 5.32 Å². The quantitative estimate of drug-likeness (QED) is 0.738. The molecular weight excluding hydrogens is 365 g/mol. The summed E-state index contributed by atoms with van der Waals surface area (Å²) in [6.07, 6.45) is 3.03. The van der Waals surface area contributed by atoms with Crippen LogP contribution in [0.3, 0.4) is 0 Å². The van der Waals surface area contributed by atoms with Crippen LogP contribution in [-0.4, -0.2) is 27.2 Å². The highest BCUT2D eigenvalue weighted by atomic mass is 35.5.